The van der Waals surface area contributed by atoms with Crippen LogP contribution >= 0.6 is 0 Å². The van der Waals surface area contributed by atoms with Crippen LogP contribution in [0.5, 0.6) is 0 Å². The summed E-state index contributed by atoms with van der Waals surface area (Å²) in [6.45, 7) is 4.65. The molecule has 0 spiro atoms. The van der Waals surface area contributed by atoms with Gasteiger partial charge in [0.25, 0.3) is 11.8 Å². The standard InChI is InChI=1S/C24H30N4O4/c1-24(2,14-25)15-26-23(31)17-9-10-19-18(11-17)27-21(29)12-20(16-7-5-4-6-8-16)28(19)22(30)13-32-3/h4-11,20H,12-15,25H2,1-3H3,(H,26,31)(H,27,29). The highest BCUT2D eigenvalue weighted by Crippen LogP contribution is 2.38. The molecular weight excluding hydrogens is 408 g/mol. The zero-order chi connectivity index (χ0) is 23.3. The van der Waals surface area contributed by atoms with E-state index in [0.29, 0.717) is 30.0 Å². The summed E-state index contributed by atoms with van der Waals surface area (Å²) in [6.07, 6.45) is 0.0837. The summed E-state index contributed by atoms with van der Waals surface area (Å²) in [7, 11) is 1.45. The van der Waals surface area contributed by atoms with E-state index in [4.69, 9.17) is 10.5 Å². The summed E-state index contributed by atoms with van der Waals surface area (Å²) in [5, 5.41) is 5.73. The number of ether oxygens (including phenoxy) is 1. The average Bonchev–Trinajstić information content (AvgIpc) is 2.93. The number of amides is 3. The molecule has 32 heavy (non-hydrogen) atoms. The minimum absolute atomic E-state index is 0.0837. The second-order valence-corrected chi connectivity index (χ2v) is 8.66. The predicted octanol–water partition coefficient (Wildman–Crippen LogP) is 2.46. The molecule has 0 saturated carbocycles. The zero-order valence-corrected chi connectivity index (χ0v) is 18.7. The molecule has 1 atom stereocenters. The van der Waals surface area contributed by atoms with Crippen molar-refractivity contribution in [3.05, 3.63) is 59.7 Å². The van der Waals surface area contributed by atoms with Gasteiger partial charge in [0, 0.05) is 19.2 Å². The number of hydrogen-bond acceptors (Lipinski definition) is 5. The summed E-state index contributed by atoms with van der Waals surface area (Å²) in [5.41, 5.74) is 7.65. The molecule has 2 aromatic rings. The highest BCUT2D eigenvalue weighted by atomic mass is 16.5. The Kier molecular flexibility index (Phi) is 7.27. The molecule has 1 aliphatic heterocycles. The SMILES string of the molecule is COCC(=O)N1c2ccc(C(=O)NCC(C)(C)CN)cc2NC(=O)CC1c1ccccc1. The van der Waals surface area contributed by atoms with Gasteiger partial charge in [0.05, 0.1) is 23.8 Å². The van der Waals surface area contributed by atoms with Gasteiger partial charge in [-0.15, -0.1) is 0 Å². The Hall–Kier alpha value is -3.23. The summed E-state index contributed by atoms with van der Waals surface area (Å²) < 4.78 is 5.09. The average molecular weight is 439 g/mol. The third-order valence-corrected chi connectivity index (χ3v) is 5.48. The number of rotatable bonds is 7. The van der Waals surface area contributed by atoms with E-state index in [9.17, 15) is 14.4 Å². The number of carbonyl (C=O) groups is 3. The fraction of sp³-hybridized carbons (Fsp3) is 0.375. The van der Waals surface area contributed by atoms with E-state index in [0.717, 1.165) is 5.56 Å². The van der Waals surface area contributed by atoms with Gasteiger partial charge in [0.15, 0.2) is 0 Å². The summed E-state index contributed by atoms with van der Waals surface area (Å²) in [4.78, 5) is 40.1. The normalized spacial score (nSPS) is 16.1. The quantitative estimate of drug-likeness (QED) is 0.615. The van der Waals surface area contributed by atoms with Crippen molar-refractivity contribution in [3.8, 4) is 0 Å². The van der Waals surface area contributed by atoms with Gasteiger partial charge in [-0.2, -0.15) is 0 Å². The van der Waals surface area contributed by atoms with Crippen LogP contribution in [0.15, 0.2) is 48.5 Å². The van der Waals surface area contributed by atoms with Gasteiger partial charge >= 0.3 is 0 Å². The molecule has 3 rings (SSSR count). The van der Waals surface area contributed by atoms with Crippen LogP contribution in [-0.2, 0) is 14.3 Å². The molecule has 0 radical (unpaired) electrons. The topological polar surface area (TPSA) is 114 Å². The number of hydrogen-bond donors (Lipinski definition) is 3. The lowest BCUT2D eigenvalue weighted by molar-refractivity contribution is -0.122. The molecule has 1 unspecified atom stereocenters. The Labute approximate surface area is 188 Å². The fourth-order valence-electron chi connectivity index (χ4n) is 3.56. The smallest absolute Gasteiger partial charge is 0.253 e. The highest BCUT2D eigenvalue weighted by Gasteiger charge is 2.33. The molecule has 0 saturated heterocycles. The van der Waals surface area contributed by atoms with Crippen molar-refractivity contribution in [2.75, 3.05) is 37.0 Å². The minimum atomic E-state index is -0.495. The summed E-state index contributed by atoms with van der Waals surface area (Å²) in [6, 6.07) is 13.8. The van der Waals surface area contributed by atoms with Crippen molar-refractivity contribution in [2.45, 2.75) is 26.3 Å². The van der Waals surface area contributed by atoms with Gasteiger partial charge in [-0.1, -0.05) is 44.2 Å². The molecule has 0 fully saturated rings. The third-order valence-electron chi connectivity index (χ3n) is 5.48. The first-order valence-electron chi connectivity index (χ1n) is 10.5. The van der Waals surface area contributed by atoms with Crippen molar-refractivity contribution in [2.24, 2.45) is 11.1 Å². The van der Waals surface area contributed by atoms with Gasteiger partial charge in [-0.3, -0.25) is 14.4 Å². The van der Waals surface area contributed by atoms with Crippen molar-refractivity contribution in [1.29, 1.82) is 0 Å². The Morgan fingerprint density at radius 1 is 1.22 bits per heavy atom. The van der Waals surface area contributed by atoms with E-state index in [1.165, 1.54) is 7.11 Å². The largest absolute Gasteiger partial charge is 0.375 e. The summed E-state index contributed by atoms with van der Waals surface area (Å²) in [5.74, 6) is -0.794. The number of carbonyl (C=O) groups excluding carboxylic acids is 3. The van der Waals surface area contributed by atoms with Gasteiger partial charge in [-0.05, 0) is 35.7 Å². The Balaban J connectivity index is 1.99. The van der Waals surface area contributed by atoms with Crippen molar-refractivity contribution in [3.63, 3.8) is 0 Å². The number of methoxy groups -OCH3 is 1. The van der Waals surface area contributed by atoms with Crippen LogP contribution in [0.4, 0.5) is 11.4 Å². The van der Waals surface area contributed by atoms with Gasteiger partial charge in [0.2, 0.25) is 5.91 Å². The van der Waals surface area contributed by atoms with Crippen LogP contribution in [0.3, 0.4) is 0 Å². The number of fused-ring (bicyclic) bond motifs is 1. The van der Waals surface area contributed by atoms with Crippen LogP contribution < -0.4 is 21.3 Å². The second-order valence-electron chi connectivity index (χ2n) is 8.66. The molecule has 8 nitrogen and oxygen atoms in total. The molecule has 8 heteroatoms. The van der Waals surface area contributed by atoms with E-state index in [1.54, 1.807) is 23.1 Å². The molecule has 0 aromatic heterocycles. The molecule has 0 aliphatic carbocycles. The lowest BCUT2D eigenvalue weighted by Crippen LogP contribution is -2.38. The van der Waals surface area contributed by atoms with E-state index in [2.05, 4.69) is 10.6 Å². The van der Waals surface area contributed by atoms with Gasteiger partial charge < -0.3 is 26.0 Å². The maximum absolute atomic E-state index is 13.0. The predicted molar refractivity (Wildman–Crippen MR) is 123 cm³/mol. The van der Waals surface area contributed by atoms with Gasteiger partial charge in [-0.25, -0.2) is 0 Å². The van der Waals surface area contributed by atoms with E-state index in [-0.39, 0.29) is 36.2 Å². The number of nitrogens with zero attached hydrogens (tertiary/aromatic N) is 1. The maximum Gasteiger partial charge on any atom is 0.253 e. The van der Waals surface area contributed by atoms with Crippen LogP contribution in [0, 0.1) is 5.41 Å². The van der Waals surface area contributed by atoms with Crippen LogP contribution in [-0.4, -0.2) is 44.5 Å². The van der Waals surface area contributed by atoms with E-state index in [1.807, 2.05) is 44.2 Å². The molecule has 4 N–H and O–H groups in total. The van der Waals surface area contributed by atoms with Crippen molar-refractivity contribution < 1.29 is 19.1 Å². The molecule has 1 heterocycles. The number of nitrogens with one attached hydrogen (secondary N) is 2. The first-order chi connectivity index (χ1) is 15.3. The monoisotopic (exact) mass is 438 g/mol. The van der Waals surface area contributed by atoms with Crippen LogP contribution in [0.2, 0.25) is 0 Å². The van der Waals surface area contributed by atoms with Gasteiger partial charge in [0.1, 0.15) is 6.61 Å². The first kappa shape index (κ1) is 23.4. The lowest BCUT2D eigenvalue weighted by Gasteiger charge is -2.30. The molecular formula is C24H30N4O4. The number of nitrogens with two attached hydrogens (primary N) is 1. The lowest BCUT2D eigenvalue weighted by atomic mass is 9.94. The molecule has 170 valence electrons. The highest BCUT2D eigenvalue weighted by molar-refractivity contribution is 6.07. The Morgan fingerprint density at radius 3 is 2.59 bits per heavy atom. The van der Waals surface area contributed by atoms with Crippen LogP contribution in [0.1, 0.15) is 42.2 Å². The molecule has 1 aliphatic rings. The fourth-order valence-corrected chi connectivity index (χ4v) is 3.56. The molecule has 3 amide bonds. The Bertz CT molecular complexity index is 991. The number of benzene rings is 2. The van der Waals surface area contributed by atoms with Crippen molar-refractivity contribution in [1.82, 2.24) is 5.32 Å². The van der Waals surface area contributed by atoms with Crippen LogP contribution in [0.25, 0.3) is 0 Å². The van der Waals surface area contributed by atoms with E-state index >= 15 is 0 Å². The first-order valence-corrected chi connectivity index (χ1v) is 10.5. The zero-order valence-electron chi connectivity index (χ0n) is 18.7. The number of anilines is 2. The molecule has 2 aromatic carbocycles. The Morgan fingerprint density at radius 2 is 1.94 bits per heavy atom. The second kappa shape index (κ2) is 9.93. The minimum Gasteiger partial charge on any atom is -0.375 e. The third kappa shape index (κ3) is 5.33. The summed E-state index contributed by atoms with van der Waals surface area (Å²) >= 11 is 0. The van der Waals surface area contributed by atoms with E-state index < -0.39 is 6.04 Å². The molecule has 0 bridgehead atoms. The maximum atomic E-state index is 13.0. The van der Waals surface area contributed by atoms with Crippen molar-refractivity contribution >= 4 is 29.1 Å².